The molecule has 0 bridgehead atoms. The summed E-state index contributed by atoms with van der Waals surface area (Å²) < 4.78 is 16.0. The van der Waals surface area contributed by atoms with Crippen molar-refractivity contribution in [2.24, 2.45) is 10.7 Å². The molecule has 1 aromatic rings. The summed E-state index contributed by atoms with van der Waals surface area (Å²) >= 11 is 0. The first-order valence-electron chi connectivity index (χ1n) is 8.08. The number of nitrogens with two attached hydrogens (primary N) is 1. The average Bonchev–Trinajstić information content (AvgIpc) is 2.60. The highest BCUT2D eigenvalue weighted by Gasteiger charge is 2.27. The van der Waals surface area contributed by atoms with Gasteiger partial charge in [-0.3, -0.25) is 9.89 Å². The third kappa shape index (κ3) is 6.19. The average molecular weight is 464 g/mol. The number of benzene rings is 1. The van der Waals surface area contributed by atoms with Crippen LogP contribution in [0.3, 0.4) is 0 Å². The highest BCUT2D eigenvalue weighted by atomic mass is 127. The molecule has 0 spiro atoms. The smallest absolute Gasteiger partial charge is 0.193 e. The molecular formula is C17H29IN4O3. The Morgan fingerprint density at radius 2 is 1.96 bits per heavy atom. The predicted molar refractivity (Wildman–Crippen MR) is 112 cm³/mol. The fraction of sp³-hybridized carbons (Fsp3) is 0.588. The van der Waals surface area contributed by atoms with Crippen molar-refractivity contribution in [1.29, 1.82) is 0 Å². The minimum Gasteiger partial charge on any atom is -0.497 e. The fourth-order valence-electron chi connectivity index (χ4n) is 2.64. The number of methoxy groups -OCH3 is 2. The van der Waals surface area contributed by atoms with E-state index >= 15 is 0 Å². The highest BCUT2D eigenvalue weighted by molar-refractivity contribution is 14.0. The minimum atomic E-state index is -0.0749. The second kappa shape index (κ2) is 10.0. The molecule has 0 unspecified atom stereocenters. The van der Waals surface area contributed by atoms with E-state index in [0.717, 1.165) is 37.7 Å². The van der Waals surface area contributed by atoms with Crippen LogP contribution in [0.2, 0.25) is 0 Å². The highest BCUT2D eigenvalue weighted by Crippen LogP contribution is 2.28. The molecule has 0 amide bonds. The lowest BCUT2D eigenvalue weighted by molar-refractivity contribution is -0.00680. The van der Waals surface area contributed by atoms with Gasteiger partial charge in [0.1, 0.15) is 11.5 Å². The normalized spacial score (nSPS) is 16.1. The summed E-state index contributed by atoms with van der Waals surface area (Å²) in [5.41, 5.74) is 6.71. The van der Waals surface area contributed by atoms with Gasteiger partial charge in [-0.2, -0.15) is 0 Å². The summed E-state index contributed by atoms with van der Waals surface area (Å²) in [5.74, 6) is 1.75. The lowest BCUT2D eigenvalue weighted by atomic mass is 10.0. The van der Waals surface area contributed by atoms with Crippen molar-refractivity contribution in [2.75, 3.05) is 52.4 Å². The second-order valence-corrected chi connectivity index (χ2v) is 6.30. The number of hydrogen-bond acceptors (Lipinski definition) is 5. The molecule has 1 aromatic carbocycles. The number of morpholine rings is 1. The zero-order valence-electron chi connectivity index (χ0n) is 15.4. The number of rotatable bonds is 6. The first-order chi connectivity index (χ1) is 11.5. The van der Waals surface area contributed by atoms with Crippen molar-refractivity contribution >= 4 is 35.6 Å². The Bertz CT molecular complexity index is 575. The fourth-order valence-corrected chi connectivity index (χ4v) is 2.64. The lowest BCUT2D eigenvalue weighted by Crippen LogP contribution is -2.51. The van der Waals surface area contributed by atoms with E-state index in [9.17, 15) is 0 Å². The van der Waals surface area contributed by atoms with Gasteiger partial charge in [0.15, 0.2) is 5.96 Å². The van der Waals surface area contributed by atoms with E-state index in [2.05, 4.69) is 29.1 Å². The molecule has 1 fully saturated rings. The zero-order chi connectivity index (χ0) is 17.6. The van der Waals surface area contributed by atoms with Gasteiger partial charge in [-0.05, 0) is 26.0 Å². The maximum atomic E-state index is 6.06. The Balaban J connectivity index is 0.00000312. The summed E-state index contributed by atoms with van der Waals surface area (Å²) in [4.78, 5) is 6.88. The molecule has 1 aliphatic rings. The predicted octanol–water partition coefficient (Wildman–Crippen LogP) is 2.16. The molecule has 142 valence electrons. The lowest BCUT2D eigenvalue weighted by Gasteiger charge is -2.39. The third-order valence-electron chi connectivity index (χ3n) is 4.17. The number of guanidine groups is 1. The molecule has 0 aromatic heterocycles. The number of nitrogens with one attached hydrogen (secondary N) is 1. The van der Waals surface area contributed by atoms with E-state index in [0.29, 0.717) is 18.3 Å². The monoisotopic (exact) mass is 464 g/mol. The van der Waals surface area contributed by atoms with Gasteiger partial charge >= 0.3 is 0 Å². The number of halogens is 1. The van der Waals surface area contributed by atoms with Gasteiger partial charge in [-0.15, -0.1) is 24.0 Å². The molecular weight excluding hydrogens is 435 g/mol. The second-order valence-electron chi connectivity index (χ2n) is 6.30. The van der Waals surface area contributed by atoms with Crippen molar-refractivity contribution in [3.63, 3.8) is 0 Å². The first kappa shape index (κ1) is 21.8. The van der Waals surface area contributed by atoms with E-state index in [-0.39, 0.29) is 29.5 Å². The van der Waals surface area contributed by atoms with Crippen molar-refractivity contribution in [3.8, 4) is 11.5 Å². The molecule has 3 N–H and O–H groups in total. The molecule has 1 saturated heterocycles. The summed E-state index contributed by atoms with van der Waals surface area (Å²) in [7, 11) is 3.23. The Morgan fingerprint density at radius 3 is 2.56 bits per heavy atom. The third-order valence-corrected chi connectivity index (χ3v) is 4.17. The van der Waals surface area contributed by atoms with Gasteiger partial charge in [0.05, 0.1) is 39.7 Å². The summed E-state index contributed by atoms with van der Waals surface area (Å²) in [5, 5.41) is 3.09. The Labute approximate surface area is 166 Å². The molecule has 0 atom stereocenters. The number of hydrogen-bond donors (Lipinski definition) is 2. The summed E-state index contributed by atoms with van der Waals surface area (Å²) in [6, 6.07) is 5.49. The number of nitrogens with zero attached hydrogens (tertiary/aromatic N) is 2. The Hall–Kier alpha value is -1.26. The molecule has 1 aliphatic heterocycles. The number of aliphatic imine (C=N–C) groups is 1. The molecule has 1 heterocycles. The van der Waals surface area contributed by atoms with E-state index < -0.39 is 0 Å². The van der Waals surface area contributed by atoms with Crippen LogP contribution in [0.1, 0.15) is 13.8 Å². The summed E-state index contributed by atoms with van der Waals surface area (Å²) in [6.07, 6.45) is 0. The van der Waals surface area contributed by atoms with Gasteiger partial charge in [0.2, 0.25) is 0 Å². The largest absolute Gasteiger partial charge is 0.497 e. The number of anilines is 1. The van der Waals surface area contributed by atoms with Crippen LogP contribution in [-0.4, -0.2) is 63.5 Å². The maximum Gasteiger partial charge on any atom is 0.193 e. The standard InChI is InChI=1S/C17H28N4O3.HI/c1-17(2,21-7-9-24-10-8-21)12-19-16(18)20-14-11-13(22-3)5-6-15(14)23-4;/h5-6,11H,7-10,12H2,1-4H3,(H3,18,19,20);1H. The van der Waals surface area contributed by atoms with Crippen LogP contribution in [0, 0.1) is 0 Å². The molecule has 2 rings (SSSR count). The molecule has 8 heteroatoms. The van der Waals surface area contributed by atoms with Crippen LogP contribution < -0.4 is 20.5 Å². The van der Waals surface area contributed by atoms with Crippen LogP contribution in [0.5, 0.6) is 11.5 Å². The van der Waals surface area contributed by atoms with Crippen molar-refractivity contribution in [2.45, 2.75) is 19.4 Å². The van der Waals surface area contributed by atoms with Crippen LogP contribution >= 0.6 is 24.0 Å². The van der Waals surface area contributed by atoms with Crippen molar-refractivity contribution < 1.29 is 14.2 Å². The van der Waals surface area contributed by atoms with Crippen LogP contribution in [-0.2, 0) is 4.74 Å². The van der Waals surface area contributed by atoms with Gasteiger partial charge in [0.25, 0.3) is 0 Å². The zero-order valence-corrected chi connectivity index (χ0v) is 17.7. The topological polar surface area (TPSA) is 81.3 Å². The Morgan fingerprint density at radius 1 is 1.28 bits per heavy atom. The van der Waals surface area contributed by atoms with Crippen LogP contribution in [0.15, 0.2) is 23.2 Å². The van der Waals surface area contributed by atoms with Crippen molar-refractivity contribution in [3.05, 3.63) is 18.2 Å². The number of ether oxygens (including phenoxy) is 3. The minimum absolute atomic E-state index is 0. The molecule has 0 saturated carbocycles. The van der Waals surface area contributed by atoms with Crippen molar-refractivity contribution in [1.82, 2.24) is 4.90 Å². The van der Waals surface area contributed by atoms with Gasteiger partial charge in [0, 0.05) is 24.7 Å². The molecule has 7 nitrogen and oxygen atoms in total. The molecule has 25 heavy (non-hydrogen) atoms. The first-order valence-corrected chi connectivity index (χ1v) is 8.08. The molecule has 0 aliphatic carbocycles. The quantitative estimate of drug-likeness (QED) is 0.382. The van der Waals surface area contributed by atoms with Crippen LogP contribution in [0.4, 0.5) is 5.69 Å². The van der Waals surface area contributed by atoms with Gasteiger partial charge < -0.3 is 25.3 Å². The van der Waals surface area contributed by atoms with E-state index in [1.807, 2.05) is 18.2 Å². The molecule has 0 radical (unpaired) electrons. The van der Waals surface area contributed by atoms with E-state index in [1.54, 1.807) is 14.2 Å². The SMILES string of the molecule is COc1ccc(OC)c(NC(N)=NCC(C)(C)N2CCOCC2)c1.I. The van der Waals surface area contributed by atoms with Gasteiger partial charge in [-0.25, -0.2) is 0 Å². The van der Waals surface area contributed by atoms with E-state index in [1.165, 1.54) is 0 Å². The summed E-state index contributed by atoms with van der Waals surface area (Å²) in [6.45, 7) is 8.30. The maximum absolute atomic E-state index is 6.06. The van der Waals surface area contributed by atoms with E-state index in [4.69, 9.17) is 19.9 Å². The van der Waals surface area contributed by atoms with Crippen LogP contribution in [0.25, 0.3) is 0 Å². The van der Waals surface area contributed by atoms with Gasteiger partial charge in [-0.1, -0.05) is 0 Å². The Kier molecular flexibility index (Phi) is 8.74.